The number of hydrogen-bond donors (Lipinski definition) is 1. The van der Waals surface area contributed by atoms with E-state index >= 15 is 0 Å². The Labute approximate surface area is 107 Å². The average Bonchev–Trinajstić information content (AvgIpc) is 2.27. The number of hydrogen-bond acceptors (Lipinski definition) is 2. The molecule has 0 bridgehead atoms. The Morgan fingerprint density at radius 2 is 1.94 bits per heavy atom. The van der Waals surface area contributed by atoms with Gasteiger partial charge in [0, 0.05) is 6.61 Å². The van der Waals surface area contributed by atoms with E-state index < -0.39 is 0 Å². The summed E-state index contributed by atoms with van der Waals surface area (Å²) in [5, 5.41) is 0. The zero-order valence-corrected chi connectivity index (χ0v) is 12.2. The van der Waals surface area contributed by atoms with Gasteiger partial charge in [0.25, 0.3) is 0 Å². The van der Waals surface area contributed by atoms with Crippen LogP contribution in [0.4, 0.5) is 0 Å². The Hall–Kier alpha value is -0.0800. The SMILES string of the molecule is CC(C)CCC1(CCN)CCOC(C(C)C)C1. The van der Waals surface area contributed by atoms with Crippen molar-refractivity contribution in [3.05, 3.63) is 0 Å². The van der Waals surface area contributed by atoms with Gasteiger partial charge >= 0.3 is 0 Å². The molecule has 1 aliphatic rings. The molecule has 1 rings (SSSR count). The molecular formula is C15H31NO. The highest BCUT2D eigenvalue weighted by molar-refractivity contribution is 4.87. The van der Waals surface area contributed by atoms with E-state index in [-0.39, 0.29) is 0 Å². The van der Waals surface area contributed by atoms with Crippen molar-refractivity contribution in [2.45, 2.75) is 65.9 Å². The van der Waals surface area contributed by atoms with Crippen LogP contribution in [-0.4, -0.2) is 19.3 Å². The molecule has 0 aromatic carbocycles. The fourth-order valence-electron chi connectivity index (χ4n) is 2.92. The number of nitrogens with two attached hydrogens (primary N) is 1. The summed E-state index contributed by atoms with van der Waals surface area (Å²) in [6.45, 7) is 10.9. The summed E-state index contributed by atoms with van der Waals surface area (Å²) in [5.74, 6) is 1.43. The van der Waals surface area contributed by atoms with Gasteiger partial charge in [0.2, 0.25) is 0 Å². The van der Waals surface area contributed by atoms with Gasteiger partial charge in [-0.25, -0.2) is 0 Å². The van der Waals surface area contributed by atoms with Gasteiger partial charge in [-0.05, 0) is 49.5 Å². The van der Waals surface area contributed by atoms with Crippen molar-refractivity contribution in [1.29, 1.82) is 0 Å². The fraction of sp³-hybridized carbons (Fsp3) is 1.00. The molecule has 0 radical (unpaired) electrons. The highest BCUT2D eigenvalue weighted by Gasteiger charge is 2.37. The molecule has 1 fully saturated rings. The van der Waals surface area contributed by atoms with Crippen LogP contribution < -0.4 is 5.73 Å². The first-order chi connectivity index (χ1) is 7.99. The molecule has 2 heteroatoms. The second-order valence-electron chi connectivity index (χ2n) is 6.58. The predicted molar refractivity (Wildman–Crippen MR) is 74.0 cm³/mol. The lowest BCUT2D eigenvalue weighted by atomic mass is 9.69. The van der Waals surface area contributed by atoms with Crippen LogP contribution in [0.5, 0.6) is 0 Å². The van der Waals surface area contributed by atoms with Crippen LogP contribution >= 0.6 is 0 Å². The second-order valence-corrected chi connectivity index (χ2v) is 6.58. The Morgan fingerprint density at radius 3 is 2.47 bits per heavy atom. The third-order valence-electron chi connectivity index (χ3n) is 4.27. The van der Waals surface area contributed by atoms with Crippen molar-refractivity contribution < 1.29 is 4.74 Å². The zero-order chi connectivity index (χ0) is 12.9. The van der Waals surface area contributed by atoms with Crippen molar-refractivity contribution in [2.75, 3.05) is 13.2 Å². The summed E-state index contributed by atoms with van der Waals surface area (Å²) in [5.41, 5.74) is 6.30. The minimum absolute atomic E-state index is 0.447. The van der Waals surface area contributed by atoms with Crippen LogP contribution in [0.1, 0.15) is 59.8 Å². The first-order valence-corrected chi connectivity index (χ1v) is 7.31. The van der Waals surface area contributed by atoms with Gasteiger partial charge in [0.15, 0.2) is 0 Å². The second kappa shape index (κ2) is 6.75. The fourth-order valence-corrected chi connectivity index (χ4v) is 2.92. The first kappa shape index (κ1) is 15.0. The van der Waals surface area contributed by atoms with E-state index in [1.165, 1.54) is 32.1 Å². The van der Waals surface area contributed by atoms with E-state index in [0.29, 0.717) is 17.4 Å². The van der Waals surface area contributed by atoms with Crippen LogP contribution in [0.25, 0.3) is 0 Å². The number of ether oxygens (including phenoxy) is 1. The number of rotatable bonds is 6. The largest absolute Gasteiger partial charge is 0.378 e. The summed E-state index contributed by atoms with van der Waals surface area (Å²) >= 11 is 0. The van der Waals surface area contributed by atoms with Crippen LogP contribution in [0.3, 0.4) is 0 Å². The van der Waals surface area contributed by atoms with Crippen molar-refractivity contribution in [2.24, 2.45) is 23.0 Å². The van der Waals surface area contributed by atoms with Crippen LogP contribution in [0, 0.1) is 17.3 Å². The summed E-state index contributed by atoms with van der Waals surface area (Å²) in [6, 6.07) is 0. The molecule has 2 N–H and O–H groups in total. The van der Waals surface area contributed by atoms with Gasteiger partial charge in [0.05, 0.1) is 6.10 Å². The zero-order valence-electron chi connectivity index (χ0n) is 12.2. The minimum atomic E-state index is 0.447. The lowest BCUT2D eigenvalue weighted by Crippen LogP contribution is -2.39. The predicted octanol–water partition coefficient (Wildman–Crippen LogP) is 3.59. The van der Waals surface area contributed by atoms with Crippen molar-refractivity contribution in [3.63, 3.8) is 0 Å². The molecule has 1 heterocycles. The van der Waals surface area contributed by atoms with Crippen molar-refractivity contribution >= 4 is 0 Å². The molecule has 0 spiro atoms. The monoisotopic (exact) mass is 241 g/mol. The topological polar surface area (TPSA) is 35.2 Å². The molecule has 0 saturated carbocycles. The Kier molecular flexibility index (Phi) is 5.94. The van der Waals surface area contributed by atoms with Gasteiger partial charge in [-0.2, -0.15) is 0 Å². The maximum atomic E-state index is 5.91. The molecule has 0 aliphatic carbocycles. The molecule has 0 aromatic heterocycles. The van der Waals surface area contributed by atoms with Gasteiger partial charge in [-0.15, -0.1) is 0 Å². The lowest BCUT2D eigenvalue weighted by Gasteiger charge is -2.43. The van der Waals surface area contributed by atoms with E-state index in [1.807, 2.05) is 0 Å². The minimum Gasteiger partial charge on any atom is -0.378 e. The summed E-state index contributed by atoms with van der Waals surface area (Å²) in [7, 11) is 0. The molecule has 102 valence electrons. The van der Waals surface area contributed by atoms with E-state index in [0.717, 1.165) is 19.1 Å². The molecule has 2 nitrogen and oxygen atoms in total. The maximum Gasteiger partial charge on any atom is 0.0603 e. The first-order valence-electron chi connectivity index (χ1n) is 7.31. The van der Waals surface area contributed by atoms with E-state index in [9.17, 15) is 0 Å². The molecule has 2 atom stereocenters. The Bertz CT molecular complexity index is 211. The molecule has 1 saturated heterocycles. The third kappa shape index (κ3) is 4.59. The summed E-state index contributed by atoms with van der Waals surface area (Å²) in [6.07, 6.45) is 6.70. The van der Waals surface area contributed by atoms with Gasteiger partial charge < -0.3 is 10.5 Å². The normalized spacial score (nSPS) is 30.2. The molecule has 17 heavy (non-hydrogen) atoms. The Morgan fingerprint density at radius 1 is 1.24 bits per heavy atom. The standard InChI is InChI=1S/C15H31NO/c1-12(2)5-6-15(7-9-16)8-10-17-14(11-15)13(3)4/h12-14H,5-11,16H2,1-4H3. The van der Waals surface area contributed by atoms with Gasteiger partial charge in [-0.1, -0.05) is 34.1 Å². The van der Waals surface area contributed by atoms with E-state index in [1.54, 1.807) is 0 Å². The molecule has 2 unspecified atom stereocenters. The third-order valence-corrected chi connectivity index (χ3v) is 4.27. The van der Waals surface area contributed by atoms with Crippen LogP contribution in [0.15, 0.2) is 0 Å². The maximum absolute atomic E-state index is 5.91. The Balaban J connectivity index is 2.62. The van der Waals surface area contributed by atoms with Gasteiger partial charge in [0.1, 0.15) is 0 Å². The average molecular weight is 241 g/mol. The van der Waals surface area contributed by atoms with Crippen molar-refractivity contribution in [1.82, 2.24) is 0 Å². The molecule has 0 aromatic rings. The summed E-state index contributed by atoms with van der Waals surface area (Å²) < 4.78 is 5.91. The quantitative estimate of drug-likeness (QED) is 0.771. The lowest BCUT2D eigenvalue weighted by molar-refractivity contribution is -0.0755. The highest BCUT2D eigenvalue weighted by atomic mass is 16.5. The highest BCUT2D eigenvalue weighted by Crippen LogP contribution is 2.43. The molecular weight excluding hydrogens is 210 g/mol. The summed E-state index contributed by atoms with van der Waals surface area (Å²) in [4.78, 5) is 0. The van der Waals surface area contributed by atoms with E-state index in [2.05, 4.69) is 27.7 Å². The van der Waals surface area contributed by atoms with Crippen LogP contribution in [-0.2, 0) is 4.74 Å². The van der Waals surface area contributed by atoms with E-state index in [4.69, 9.17) is 10.5 Å². The molecule has 0 amide bonds. The van der Waals surface area contributed by atoms with Gasteiger partial charge in [-0.3, -0.25) is 0 Å². The molecule has 1 aliphatic heterocycles. The van der Waals surface area contributed by atoms with Crippen LogP contribution in [0.2, 0.25) is 0 Å². The smallest absolute Gasteiger partial charge is 0.0603 e. The van der Waals surface area contributed by atoms with Crippen molar-refractivity contribution in [3.8, 4) is 0 Å².